The molecule has 1 N–H and O–H groups in total. The largest absolute Gasteiger partial charge is 0.394 e. The van der Waals surface area contributed by atoms with Crippen LogP contribution >= 0.6 is 11.3 Å². The van der Waals surface area contributed by atoms with Crippen LogP contribution in [0.2, 0.25) is 0 Å². The topological polar surface area (TPSA) is 42.0 Å². The summed E-state index contributed by atoms with van der Waals surface area (Å²) in [6, 6.07) is 0. The first kappa shape index (κ1) is 12.9. The summed E-state index contributed by atoms with van der Waals surface area (Å²) in [6.45, 7) is 8.06. The average molecular weight is 238 g/mol. The first-order valence-electron chi connectivity index (χ1n) is 5.21. The van der Waals surface area contributed by atoms with Crippen molar-refractivity contribution in [3.8, 4) is 0 Å². The third-order valence-electron chi connectivity index (χ3n) is 2.19. The SMILES string of the molecule is CN/C=C(\C)C(=O)c1nc(C(C)(C)C)cs1. The molecule has 0 radical (unpaired) electrons. The molecule has 88 valence electrons. The van der Waals surface area contributed by atoms with Crippen LogP contribution in [-0.4, -0.2) is 17.8 Å². The predicted octanol–water partition coefficient (Wildman–Crippen LogP) is 2.75. The molecule has 4 heteroatoms. The molecule has 0 saturated heterocycles. The van der Waals surface area contributed by atoms with E-state index in [0.717, 1.165) is 5.69 Å². The number of hydrogen-bond acceptors (Lipinski definition) is 4. The highest BCUT2D eigenvalue weighted by Crippen LogP contribution is 2.24. The molecule has 0 bridgehead atoms. The lowest BCUT2D eigenvalue weighted by Crippen LogP contribution is -2.12. The Morgan fingerprint density at radius 1 is 1.50 bits per heavy atom. The summed E-state index contributed by atoms with van der Waals surface area (Å²) in [5.41, 5.74) is 1.64. The van der Waals surface area contributed by atoms with Crippen LogP contribution in [0.5, 0.6) is 0 Å². The molecule has 0 atom stereocenters. The van der Waals surface area contributed by atoms with E-state index in [-0.39, 0.29) is 11.2 Å². The smallest absolute Gasteiger partial charge is 0.218 e. The summed E-state index contributed by atoms with van der Waals surface area (Å²) < 4.78 is 0. The fraction of sp³-hybridized carbons (Fsp3) is 0.500. The number of nitrogens with zero attached hydrogens (tertiary/aromatic N) is 1. The van der Waals surface area contributed by atoms with Gasteiger partial charge in [-0.2, -0.15) is 0 Å². The third kappa shape index (κ3) is 2.92. The van der Waals surface area contributed by atoms with Crippen molar-refractivity contribution in [2.45, 2.75) is 33.1 Å². The van der Waals surface area contributed by atoms with Gasteiger partial charge in [0.25, 0.3) is 0 Å². The maximum absolute atomic E-state index is 11.9. The molecule has 1 aromatic heterocycles. The zero-order chi connectivity index (χ0) is 12.3. The Labute approximate surface area is 101 Å². The number of allylic oxidation sites excluding steroid dienone is 1. The van der Waals surface area contributed by atoms with Gasteiger partial charge in [-0.1, -0.05) is 20.8 Å². The number of nitrogens with one attached hydrogen (secondary N) is 1. The van der Waals surface area contributed by atoms with Gasteiger partial charge < -0.3 is 5.32 Å². The Morgan fingerprint density at radius 2 is 2.12 bits per heavy atom. The zero-order valence-electron chi connectivity index (χ0n) is 10.4. The van der Waals surface area contributed by atoms with Gasteiger partial charge in [0, 0.05) is 29.6 Å². The normalized spacial score (nSPS) is 12.7. The monoisotopic (exact) mass is 238 g/mol. The quantitative estimate of drug-likeness (QED) is 0.650. The van der Waals surface area contributed by atoms with E-state index in [1.807, 2.05) is 5.38 Å². The number of ketones is 1. The van der Waals surface area contributed by atoms with Crippen LogP contribution in [0, 0.1) is 0 Å². The lowest BCUT2D eigenvalue weighted by molar-refractivity contribution is 0.103. The maximum Gasteiger partial charge on any atom is 0.218 e. The summed E-state index contributed by atoms with van der Waals surface area (Å²) in [6.07, 6.45) is 1.69. The Hall–Kier alpha value is -1.16. The van der Waals surface area contributed by atoms with Gasteiger partial charge in [-0.05, 0) is 6.92 Å². The van der Waals surface area contributed by atoms with Gasteiger partial charge in [-0.15, -0.1) is 11.3 Å². The van der Waals surface area contributed by atoms with Crippen molar-refractivity contribution in [3.05, 3.63) is 27.9 Å². The molecule has 0 amide bonds. The predicted molar refractivity (Wildman–Crippen MR) is 68.0 cm³/mol. The van der Waals surface area contributed by atoms with Crippen molar-refractivity contribution in [1.29, 1.82) is 0 Å². The fourth-order valence-corrected chi connectivity index (χ4v) is 2.22. The van der Waals surface area contributed by atoms with Gasteiger partial charge in [-0.3, -0.25) is 4.79 Å². The van der Waals surface area contributed by atoms with E-state index in [1.165, 1.54) is 11.3 Å². The number of Topliss-reactive ketones (excluding diaryl/α,β-unsaturated/α-hetero) is 1. The van der Waals surface area contributed by atoms with Crippen LogP contribution < -0.4 is 5.32 Å². The molecule has 3 nitrogen and oxygen atoms in total. The Morgan fingerprint density at radius 3 is 2.56 bits per heavy atom. The fourth-order valence-electron chi connectivity index (χ4n) is 1.17. The molecule has 1 aromatic rings. The van der Waals surface area contributed by atoms with E-state index in [2.05, 4.69) is 31.1 Å². The number of carbonyl (C=O) groups excluding carboxylic acids is 1. The van der Waals surface area contributed by atoms with Crippen molar-refractivity contribution in [3.63, 3.8) is 0 Å². The zero-order valence-corrected chi connectivity index (χ0v) is 11.2. The summed E-state index contributed by atoms with van der Waals surface area (Å²) in [4.78, 5) is 16.3. The summed E-state index contributed by atoms with van der Waals surface area (Å²) in [5.74, 6) is -0.00477. The Kier molecular flexibility index (Phi) is 3.86. The highest BCUT2D eigenvalue weighted by atomic mass is 32.1. The molecule has 16 heavy (non-hydrogen) atoms. The molecule has 1 rings (SSSR count). The number of rotatable bonds is 3. The molecule has 0 aliphatic heterocycles. The van der Waals surface area contributed by atoms with Gasteiger partial charge in [0.15, 0.2) is 5.01 Å². The molecule has 1 heterocycles. The molecule has 0 saturated carbocycles. The first-order valence-corrected chi connectivity index (χ1v) is 6.09. The van der Waals surface area contributed by atoms with E-state index in [4.69, 9.17) is 0 Å². The molecule has 0 spiro atoms. The molecule has 0 aromatic carbocycles. The number of thiazole rings is 1. The first-order chi connectivity index (χ1) is 7.36. The van der Waals surface area contributed by atoms with E-state index in [9.17, 15) is 4.79 Å². The van der Waals surface area contributed by atoms with Gasteiger partial charge in [0.05, 0.1) is 5.69 Å². The second-order valence-corrected chi connectivity index (χ2v) is 5.59. The van der Waals surface area contributed by atoms with Crippen LogP contribution in [0.3, 0.4) is 0 Å². The molecular formula is C12H18N2OS. The van der Waals surface area contributed by atoms with Crippen LogP contribution in [0.25, 0.3) is 0 Å². The van der Waals surface area contributed by atoms with Gasteiger partial charge in [-0.25, -0.2) is 4.98 Å². The molecule has 0 fully saturated rings. The van der Waals surface area contributed by atoms with E-state index in [1.54, 1.807) is 20.2 Å². The number of aromatic nitrogens is 1. The standard InChI is InChI=1S/C12H18N2OS/c1-8(6-13-5)10(15)11-14-9(7-16-11)12(2,3)4/h6-7,13H,1-5H3/b8-6+. The van der Waals surface area contributed by atoms with Crippen molar-refractivity contribution in [2.75, 3.05) is 7.05 Å². The molecule has 0 unspecified atom stereocenters. The van der Waals surface area contributed by atoms with Crippen molar-refractivity contribution < 1.29 is 4.79 Å². The molecule has 0 aliphatic carbocycles. The van der Waals surface area contributed by atoms with Crippen molar-refractivity contribution >= 4 is 17.1 Å². The lowest BCUT2D eigenvalue weighted by Gasteiger charge is -2.14. The Bertz CT molecular complexity index is 413. The van der Waals surface area contributed by atoms with Gasteiger partial charge in [0.1, 0.15) is 0 Å². The second-order valence-electron chi connectivity index (χ2n) is 4.73. The highest BCUT2D eigenvalue weighted by Gasteiger charge is 2.20. The highest BCUT2D eigenvalue weighted by molar-refractivity contribution is 7.12. The average Bonchev–Trinajstić information content (AvgIpc) is 2.65. The summed E-state index contributed by atoms with van der Waals surface area (Å²) in [5, 5.41) is 5.37. The minimum absolute atomic E-state index is 0.00431. The van der Waals surface area contributed by atoms with Crippen LogP contribution in [0.4, 0.5) is 0 Å². The Balaban J connectivity index is 2.95. The molecular weight excluding hydrogens is 220 g/mol. The number of hydrogen-bond donors (Lipinski definition) is 1. The third-order valence-corrected chi connectivity index (χ3v) is 3.03. The van der Waals surface area contributed by atoms with Crippen molar-refractivity contribution in [2.24, 2.45) is 0 Å². The van der Waals surface area contributed by atoms with Gasteiger partial charge >= 0.3 is 0 Å². The second kappa shape index (κ2) is 4.78. The van der Waals surface area contributed by atoms with Gasteiger partial charge in [0.2, 0.25) is 5.78 Å². The number of carbonyl (C=O) groups is 1. The maximum atomic E-state index is 11.9. The summed E-state index contributed by atoms with van der Waals surface area (Å²) >= 11 is 1.41. The minimum atomic E-state index is -0.00477. The van der Waals surface area contributed by atoms with Crippen LogP contribution in [0.15, 0.2) is 17.2 Å². The van der Waals surface area contributed by atoms with E-state index < -0.39 is 0 Å². The minimum Gasteiger partial charge on any atom is -0.394 e. The lowest BCUT2D eigenvalue weighted by atomic mass is 9.93. The van der Waals surface area contributed by atoms with E-state index in [0.29, 0.717) is 10.6 Å². The summed E-state index contributed by atoms with van der Waals surface area (Å²) in [7, 11) is 1.78. The van der Waals surface area contributed by atoms with Crippen LogP contribution in [0.1, 0.15) is 43.2 Å². The van der Waals surface area contributed by atoms with E-state index >= 15 is 0 Å². The van der Waals surface area contributed by atoms with Crippen LogP contribution in [-0.2, 0) is 5.41 Å². The molecule has 0 aliphatic rings. The van der Waals surface area contributed by atoms with Crippen molar-refractivity contribution in [1.82, 2.24) is 10.3 Å².